The van der Waals surface area contributed by atoms with Crippen molar-refractivity contribution < 1.29 is 142 Å². The van der Waals surface area contributed by atoms with Gasteiger partial charge in [0.2, 0.25) is 0 Å². The molecule has 50 nitrogen and oxygen atoms in total. The van der Waals surface area contributed by atoms with Crippen LogP contribution in [0, 0.1) is 29.6 Å². The summed E-state index contributed by atoms with van der Waals surface area (Å²) in [5, 5.41) is 154. The number of aliphatic carboxylic acids is 5. The Kier molecular flexibility index (Phi) is 49.7. The maximum atomic E-state index is 13.4. The lowest BCUT2D eigenvalue weighted by Crippen LogP contribution is -2.57. The largest absolute Gasteiger partial charge is 0.480 e. The molecule has 138 heavy (non-hydrogen) atoms. The summed E-state index contributed by atoms with van der Waals surface area (Å²) in [4.78, 5) is 59.1. The molecule has 0 saturated carbocycles. The summed E-state index contributed by atoms with van der Waals surface area (Å²) >= 11 is 0. The van der Waals surface area contributed by atoms with E-state index in [2.05, 4.69) is 26.6 Å². The summed E-state index contributed by atoms with van der Waals surface area (Å²) in [6.45, 7) is 17.2. The van der Waals surface area contributed by atoms with Crippen molar-refractivity contribution in [2.24, 2.45) is 58.3 Å². The van der Waals surface area contributed by atoms with Gasteiger partial charge in [0.25, 0.3) is 51.0 Å². The number of rotatable bonds is 50. The van der Waals surface area contributed by atoms with Gasteiger partial charge in [0, 0.05) is 184 Å². The predicted molar refractivity (Wildman–Crippen MR) is 519 cm³/mol. The monoisotopic (exact) mass is 2070 g/mol. The minimum atomic E-state index is -3.86. The van der Waals surface area contributed by atoms with E-state index in [0.29, 0.717) is 155 Å². The van der Waals surface area contributed by atoms with Crippen LogP contribution in [0.3, 0.4) is 0 Å². The molecule has 0 unspecified atom stereocenters. The second-order valence-corrected chi connectivity index (χ2v) is 48.0. The molecular weight excluding hydrogens is 1910 g/mol. The Balaban J connectivity index is 0.000000265. The normalized spacial score (nSPS) is 29.0. The standard InChI is InChI=1S/3C16H33BN4O6S.2C15H31BN4O6S/c2*1-2-9-21(14-6-4-8-19-10-14)28(26,27)20-11-13(5-3-7-17(24)25)16(18,12-20)15(22)23;1-2-10-21(14-5-8-19-9-6-14)28(26,27)20-11-13(4-3-7-17(24)25)16(18,12-20)15(22)23;2*1-2-8-20(13-5-7-18-9-13)27(25,26)19-10-12(4-3-6-16(23)24)15(17,11-19)14(21)22/h3*13-14,19,24-25H,2-12,18H2,1H3,(H,22,23);2*12-13,18,23-24H,2-11,17H2,1H3,(H,21,22)/t13-,14+,16-;13-,14-,16-;13-,16-;12-,13+,15-;12-,13-,15-/m00000/s1. The number of nitrogens with two attached hydrogens (primary N) is 5. The number of hydrogen-bond donors (Lipinski definition) is 25. The highest BCUT2D eigenvalue weighted by Crippen LogP contribution is 2.41. The SMILES string of the molecule is CCCN(C1CCNCC1)S(=O)(=O)N1C[C@H](CCCB(O)O)[C@](N)(C(=O)O)C1.CCCN([C@@H]1CCCNC1)S(=O)(=O)N1C[C@H](CCCB(O)O)[C@](N)(C(=O)O)C1.CCCN([C@@H]1CCNC1)S(=O)(=O)N1C[C@H](CCCB(O)O)[C@](N)(C(=O)O)C1.CCCN([C@H]1CCCNC1)S(=O)(=O)N1C[C@H](CCCB(O)O)[C@](N)(C(=O)O)C1.CCCN([C@H]1CCNC1)S(=O)(=O)N1C[C@H](CCCB(O)O)[C@](N)(C(=O)O)C1. The van der Waals surface area contributed by atoms with Gasteiger partial charge in [-0.2, -0.15) is 85.1 Å². The van der Waals surface area contributed by atoms with Crippen LogP contribution in [0.5, 0.6) is 0 Å². The van der Waals surface area contributed by atoms with Crippen LogP contribution in [0.1, 0.15) is 182 Å². The number of carboxylic acids is 5. The van der Waals surface area contributed by atoms with E-state index in [1.54, 1.807) is 0 Å². The smallest absolute Gasteiger partial charge is 0.451 e. The molecule has 0 aromatic heterocycles. The first-order valence-electron chi connectivity index (χ1n) is 48.9. The average Bonchev–Trinajstić information content (AvgIpc) is 1.63. The van der Waals surface area contributed by atoms with Crippen molar-refractivity contribution in [3.05, 3.63) is 0 Å². The molecule has 10 fully saturated rings. The van der Waals surface area contributed by atoms with Crippen molar-refractivity contribution >= 4 is 116 Å². The molecule has 0 aromatic rings. The maximum absolute atomic E-state index is 13.4. The quantitative estimate of drug-likeness (QED) is 0.0252. The zero-order chi connectivity index (χ0) is 103. The lowest BCUT2D eigenvalue weighted by Gasteiger charge is -2.36. The van der Waals surface area contributed by atoms with Crippen LogP contribution in [0.15, 0.2) is 0 Å². The number of nitrogens with zero attached hydrogens (tertiary/aromatic N) is 10. The van der Waals surface area contributed by atoms with Gasteiger partial charge in [-0.15, -0.1) is 0 Å². The van der Waals surface area contributed by atoms with Gasteiger partial charge in [0.05, 0.1) is 0 Å². The van der Waals surface area contributed by atoms with Gasteiger partial charge in [0.15, 0.2) is 0 Å². The predicted octanol–water partition coefficient (Wildman–Crippen LogP) is -7.47. The van der Waals surface area contributed by atoms with Gasteiger partial charge in [-0.25, -0.2) is 0 Å². The molecule has 10 aliphatic heterocycles. The summed E-state index contributed by atoms with van der Waals surface area (Å²) in [7, 11) is -26.6. The number of hydrogen-bond acceptors (Lipinski definition) is 35. The zero-order valence-corrected chi connectivity index (χ0v) is 85.0. The Hall–Kier alpha value is -3.78. The van der Waals surface area contributed by atoms with Gasteiger partial charge in [-0.3, -0.25) is 24.0 Å². The van der Waals surface area contributed by atoms with E-state index in [0.717, 1.165) is 90.6 Å². The highest BCUT2D eigenvalue weighted by molar-refractivity contribution is 7.88. The average molecular weight is 2070 g/mol. The molecular formula is C78H161B5N20O30S5. The Labute approximate surface area is 817 Å². The molecule has 0 radical (unpaired) electrons. The number of nitrogens with one attached hydrogen (secondary N) is 5. The molecule has 0 bridgehead atoms. The van der Waals surface area contributed by atoms with Crippen LogP contribution in [0.4, 0.5) is 0 Å². The van der Waals surface area contributed by atoms with Gasteiger partial charge in [-0.1, -0.05) is 66.7 Å². The molecule has 0 spiro atoms. The zero-order valence-electron chi connectivity index (χ0n) is 80.9. The van der Waals surface area contributed by atoms with Crippen LogP contribution in [0.2, 0.25) is 31.6 Å². The second-order valence-electron chi connectivity index (χ2n) is 38.6. The van der Waals surface area contributed by atoms with E-state index in [-0.39, 0.29) is 127 Å². The molecule has 14 atom stereocenters. The third kappa shape index (κ3) is 32.6. The van der Waals surface area contributed by atoms with E-state index in [1.807, 2.05) is 34.6 Å². The third-order valence-corrected chi connectivity index (χ3v) is 38.3. The molecule has 0 aromatic carbocycles. The molecule has 60 heteroatoms. The van der Waals surface area contributed by atoms with Crippen LogP contribution < -0.4 is 55.3 Å². The van der Waals surface area contributed by atoms with Crippen molar-refractivity contribution in [2.75, 3.05) is 164 Å². The van der Waals surface area contributed by atoms with E-state index in [4.69, 9.17) is 78.9 Å². The molecule has 30 N–H and O–H groups in total. The summed E-state index contributed by atoms with van der Waals surface area (Å²) in [6, 6.07) is -0.698. The van der Waals surface area contributed by atoms with Crippen molar-refractivity contribution in [2.45, 2.75) is 272 Å². The Morgan fingerprint density at radius 1 is 0.290 bits per heavy atom. The van der Waals surface area contributed by atoms with Crippen molar-refractivity contribution in [3.63, 3.8) is 0 Å². The van der Waals surface area contributed by atoms with Crippen LogP contribution >= 0.6 is 0 Å². The molecule has 0 aliphatic carbocycles. The molecule has 10 saturated heterocycles. The fourth-order valence-electron chi connectivity index (χ4n) is 20.3. The Morgan fingerprint density at radius 3 is 0.630 bits per heavy atom. The number of carboxylic acid groups (broad SMARTS) is 5. The van der Waals surface area contributed by atoms with E-state index < -0.39 is 174 Å². The molecule has 10 rings (SSSR count). The van der Waals surface area contributed by atoms with Crippen molar-refractivity contribution in [1.29, 1.82) is 0 Å². The van der Waals surface area contributed by atoms with E-state index >= 15 is 0 Å². The summed E-state index contributed by atoms with van der Waals surface area (Å²) in [5.74, 6) is -9.13. The lowest BCUT2D eigenvalue weighted by molar-refractivity contribution is -0.145. The molecule has 10 heterocycles. The van der Waals surface area contributed by atoms with Crippen molar-refractivity contribution in [1.82, 2.24) is 69.6 Å². The second kappa shape index (κ2) is 55.8. The van der Waals surface area contributed by atoms with Crippen molar-refractivity contribution in [3.8, 4) is 0 Å². The fourth-order valence-corrected chi connectivity index (χ4v) is 30.4. The first-order valence-corrected chi connectivity index (χ1v) is 55.9. The number of carbonyl (C=O) groups is 5. The van der Waals surface area contributed by atoms with Gasteiger partial charge in [-0.05, 0) is 186 Å². The Bertz CT molecular complexity index is 4000. The Morgan fingerprint density at radius 2 is 0.464 bits per heavy atom. The van der Waals surface area contributed by atoms with E-state index in [1.165, 1.54) is 43.1 Å². The lowest BCUT2D eigenvalue weighted by atomic mass is 9.78. The topological polar surface area (TPSA) is 782 Å². The van der Waals surface area contributed by atoms with E-state index in [9.17, 15) is 91.6 Å². The first-order chi connectivity index (χ1) is 64.6. The molecule has 0 amide bonds. The minimum absolute atomic E-state index is 0.0209. The van der Waals surface area contributed by atoms with Gasteiger partial charge < -0.3 is 131 Å². The maximum Gasteiger partial charge on any atom is 0.451 e. The van der Waals surface area contributed by atoms with Gasteiger partial charge in [0.1, 0.15) is 27.7 Å². The fraction of sp³-hybridized carbons (Fsp3) is 0.936. The van der Waals surface area contributed by atoms with Crippen LogP contribution in [-0.4, -0.2) is 448 Å². The first kappa shape index (κ1) is 123. The summed E-state index contributed by atoms with van der Waals surface area (Å²) in [5.41, 5.74) is 22.2. The molecule has 10 aliphatic rings. The van der Waals surface area contributed by atoms with Gasteiger partial charge >= 0.3 is 65.4 Å². The minimum Gasteiger partial charge on any atom is -0.480 e. The van der Waals surface area contributed by atoms with Crippen LogP contribution in [-0.2, 0) is 75.0 Å². The summed E-state index contributed by atoms with van der Waals surface area (Å²) in [6.07, 6.45) is 13.3. The third-order valence-electron chi connectivity index (χ3n) is 28.3. The number of piperidine rings is 3. The highest BCUT2D eigenvalue weighted by atomic mass is 32.2. The highest BCUT2D eigenvalue weighted by Gasteiger charge is 2.60. The molecule has 798 valence electrons. The summed E-state index contributed by atoms with van der Waals surface area (Å²) < 4.78 is 147. The van der Waals surface area contributed by atoms with Crippen LogP contribution in [0.25, 0.3) is 0 Å².